The number of rotatable bonds is 3. The van der Waals surface area contributed by atoms with Crippen molar-refractivity contribution in [3.8, 4) is 0 Å². The van der Waals surface area contributed by atoms with Crippen LogP contribution in [0.1, 0.15) is 45.0 Å². The molecule has 1 unspecified atom stereocenters. The molecule has 4 heteroatoms. The van der Waals surface area contributed by atoms with Crippen LogP contribution in [-0.2, 0) is 6.54 Å². The Hall–Kier alpha value is -1.42. The summed E-state index contributed by atoms with van der Waals surface area (Å²) in [6.07, 6.45) is 5.68. The highest BCUT2D eigenvalue weighted by Gasteiger charge is 2.26. The lowest BCUT2D eigenvalue weighted by atomic mass is 10.0. The molecule has 2 aromatic heterocycles. The van der Waals surface area contributed by atoms with Crippen LogP contribution in [0.2, 0.25) is 0 Å². The molecule has 0 radical (unpaired) electrons. The van der Waals surface area contributed by atoms with Gasteiger partial charge in [0.2, 0.25) is 0 Å². The summed E-state index contributed by atoms with van der Waals surface area (Å²) in [7, 11) is 2.22. The molecule has 1 aliphatic heterocycles. The molecular formula is C16H24N4. The van der Waals surface area contributed by atoms with E-state index in [-0.39, 0.29) is 0 Å². The maximum absolute atomic E-state index is 4.90. The molecule has 3 heterocycles. The van der Waals surface area contributed by atoms with Crippen LogP contribution in [0.25, 0.3) is 11.2 Å². The highest BCUT2D eigenvalue weighted by molar-refractivity contribution is 5.71. The monoisotopic (exact) mass is 272 g/mol. The highest BCUT2D eigenvalue weighted by atomic mass is 15.2. The van der Waals surface area contributed by atoms with Crippen LogP contribution in [-0.4, -0.2) is 33.0 Å². The van der Waals surface area contributed by atoms with Crippen molar-refractivity contribution in [3.05, 3.63) is 24.2 Å². The van der Waals surface area contributed by atoms with E-state index in [4.69, 9.17) is 4.98 Å². The number of nitrogens with zero attached hydrogens (tertiary/aromatic N) is 4. The molecule has 108 valence electrons. The number of aromatic nitrogens is 3. The third-order valence-electron chi connectivity index (χ3n) is 4.15. The average Bonchev–Trinajstić information content (AvgIpc) is 2.78. The molecule has 1 atom stereocenters. The van der Waals surface area contributed by atoms with Crippen molar-refractivity contribution in [3.63, 3.8) is 0 Å². The van der Waals surface area contributed by atoms with Crippen LogP contribution in [0, 0.1) is 5.92 Å². The van der Waals surface area contributed by atoms with Gasteiger partial charge in [0.05, 0.1) is 6.04 Å². The largest absolute Gasteiger partial charge is 0.311 e. The number of hydrogen-bond donors (Lipinski definition) is 0. The van der Waals surface area contributed by atoms with E-state index in [2.05, 4.69) is 41.4 Å². The lowest BCUT2D eigenvalue weighted by Gasteiger charge is -2.32. The number of piperidine rings is 1. The molecule has 1 aliphatic rings. The van der Waals surface area contributed by atoms with Gasteiger partial charge in [0.15, 0.2) is 5.65 Å². The van der Waals surface area contributed by atoms with Crippen molar-refractivity contribution < 1.29 is 0 Å². The Morgan fingerprint density at radius 1 is 1.35 bits per heavy atom. The average molecular weight is 272 g/mol. The zero-order valence-corrected chi connectivity index (χ0v) is 12.7. The van der Waals surface area contributed by atoms with Crippen LogP contribution in [0.3, 0.4) is 0 Å². The van der Waals surface area contributed by atoms with Crippen molar-refractivity contribution in [1.82, 2.24) is 19.4 Å². The summed E-state index contributed by atoms with van der Waals surface area (Å²) in [5, 5.41) is 0. The van der Waals surface area contributed by atoms with Crippen LogP contribution >= 0.6 is 0 Å². The standard InChI is InChI=1S/C16H24N4/c1-12(2)11-20-15-13(7-6-9-17-15)18-16(20)14-8-4-5-10-19(14)3/h6-7,9,12,14H,4-5,8,10-11H2,1-3H3. The SMILES string of the molecule is CC(C)Cn1c(C2CCCCN2C)nc2cccnc21. The van der Waals surface area contributed by atoms with E-state index >= 15 is 0 Å². The van der Waals surface area contributed by atoms with Gasteiger partial charge in [-0.2, -0.15) is 0 Å². The first-order chi connectivity index (χ1) is 9.66. The fourth-order valence-electron chi connectivity index (χ4n) is 3.18. The van der Waals surface area contributed by atoms with Gasteiger partial charge in [0.25, 0.3) is 0 Å². The van der Waals surface area contributed by atoms with E-state index in [1.165, 1.54) is 31.6 Å². The fraction of sp³-hybridized carbons (Fsp3) is 0.625. The minimum absolute atomic E-state index is 0.441. The molecule has 1 saturated heterocycles. The quantitative estimate of drug-likeness (QED) is 0.860. The minimum atomic E-state index is 0.441. The van der Waals surface area contributed by atoms with Crippen LogP contribution in [0.15, 0.2) is 18.3 Å². The van der Waals surface area contributed by atoms with Crippen LogP contribution in [0.5, 0.6) is 0 Å². The molecule has 2 aromatic rings. The number of hydrogen-bond acceptors (Lipinski definition) is 3. The van der Waals surface area contributed by atoms with E-state index in [1.54, 1.807) is 0 Å². The molecule has 0 aliphatic carbocycles. The second-order valence-electron chi connectivity index (χ2n) is 6.31. The molecule has 1 fully saturated rings. The predicted octanol–water partition coefficient (Wildman–Crippen LogP) is 3.24. The zero-order valence-electron chi connectivity index (χ0n) is 12.7. The number of fused-ring (bicyclic) bond motifs is 1. The number of likely N-dealkylation sites (tertiary alicyclic amines) is 1. The second kappa shape index (κ2) is 5.52. The third-order valence-corrected chi connectivity index (χ3v) is 4.15. The van der Waals surface area contributed by atoms with Crippen molar-refractivity contribution in [2.24, 2.45) is 5.92 Å². The topological polar surface area (TPSA) is 34.0 Å². The van der Waals surface area contributed by atoms with E-state index in [0.717, 1.165) is 17.7 Å². The molecule has 0 saturated carbocycles. The highest BCUT2D eigenvalue weighted by Crippen LogP contribution is 2.31. The first-order valence-electron chi connectivity index (χ1n) is 7.68. The van der Waals surface area contributed by atoms with Crippen molar-refractivity contribution in [2.75, 3.05) is 13.6 Å². The van der Waals surface area contributed by atoms with E-state index in [1.807, 2.05) is 12.3 Å². The van der Waals surface area contributed by atoms with Crippen molar-refractivity contribution >= 4 is 11.2 Å². The van der Waals surface area contributed by atoms with Crippen LogP contribution in [0.4, 0.5) is 0 Å². The third kappa shape index (κ3) is 2.44. The summed E-state index contributed by atoms with van der Waals surface area (Å²) in [4.78, 5) is 11.9. The summed E-state index contributed by atoms with van der Waals surface area (Å²) >= 11 is 0. The first kappa shape index (κ1) is 13.6. The minimum Gasteiger partial charge on any atom is -0.311 e. The molecular weight excluding hydrogens is 248 g/mol. The maximum Gasteiger partial charge on any atom is 0.160 e. The van der Waals surface area contributed by atoms with Gasteiger partial charge in [-0.05, 0) is 44.5 Å². The summed E-state index contributed by atoms with van der Waals surface area (Å²) in [5.74, 6) is 1.80. The first-order valence-corrected chi connectivity index (χ1v) is 7.68. The van der Waals surface area contributed by atoms with Crippen LogP contribution < -0.4 is 0 Å². The Bertz CT molecular complexity index is 587. The lowest BCUT2D eigenvalue weighted by molar-refractivity contribution is 0.175. The van der Waals surface area contributed by atoms with Gasteiger partial charge < -0.3 is 4.57 Å². The molecule has 3 rings (SSSR count). The Labute approximate surface area is 120 Å². The molecule has 0 N–H and O–H groups in total. The van der Waals surface area contributed by atoms with Gasteiger partial charge in [-0.15, -0.1) is 0 Å². The van der Waals surface area contributed by atoms with E-state index in [0.29, 0.717) is 12.0 Å². The molecule has 0 amide bonds. The molecule has 0 bridgehead atoms. The Morgan fingerprint density at radius 3 is 2.95 bits per heavy atom. The van der Waals surface area contributed by atoms with E-state index in [9.17, 15) is 0 Å². The number of pyridine rings is 1. The number of imidazole rings is 1. The summed E-state index contributed by atoms with van der Waals surface area (Å²) < 4.78 is 2.34. The lowest BCUT2D eigenvalue weighted by Crippen LogP contribution is -2.32. The zero-order chi connectivity index (χ0) is 14.1. The fourth-order valence-corrected chi connectivity index (χ4v) is 3.18. The van der Waals surface area contributed by atoms with Gasteiger partial charge in [0, 0.05) is 12.7 Å². The van der Waals surface area contributed by atoms with Crippen molar-refractivity contribution in [2.45, 2.75) is 45.7 Å². The summed E-state index contributed by atoms with van der Waals surface area (Å²) in [6.45, 7) is 6.67. The smallest absolute Gasteiger partial charge is 0.160 e. The summed E-state index contributed by atoms with van der Waals surface area (Å²) in [6, 6.07) is 4.49. The normalized spacial score (nSPS) is 20.9. The molecule has 0 spiro atoms. The summed E-state index contributed by atoms with van der Waals surface area (Å²) in [5.41, 5.74) is 2.07. The Kier molecular flexibility index (Phi) is 3.74. The Morgan fingerprint density at radius 2 is 2.20 bits per heavy atom. The Balaban J connectivity index is 2.08. The van der Waals surface area contributed by atoms with Crippen molar-refractivity contribution in [1.29, 1.82) is 0 Å². The van der Waals surface area contributed by atoms with Gasteiger partial charge in [-0.3, -0.25) is 4.90 Å². The molecule has 4 nitrogen and oxygen atoms in total. The van der Waals surface area contributed by atoms with Gasteiger partial charge >= 0.3 is 0 Å². The molecule has 0 aromatic carbocycles. The van der Waals surface area contributed by atoms with Gasteiger partial charge in [0.1, 0.15) is 11.3 Å². The predicted molar refractivity (Wildman–Crippen MR) is 81.6 cm³/mol. The van der Waals surface area contributed by atoms with E-state index < -0.39 is 0 Å². The second-order valence-corrected chi connectivity index (χ2v) is 6.31. The van der Waals surface area contributed by atoms with Gasteiger partial charge in [-0.25, -0.2) is 9.97 Å². The molecule has 20 heavy (non-hydrogen) atoms. The van der Waals surface area contributed by atoms with Gasteiger partial charge in [-0.1, -0.05) is 20.3 Å². The maximum atomic E-state index is 4.90.